The number of aryl methyl sites for hydroxylation is 1. The molecular weight excluding hydrogens is 442 g/mol. The highest BCUT2D eigenvalue weighted by molar-refractivity contribution is 9.10. The number of urea groups is 1. The Morgan fingerprint density at radius 3 is 2.39 bits per heavy atom. The highest BCUT2D eigenvalue weighted by Gasteiger charge is 2.27. The Morgan fingerprint density at radius 2 is 1.71 bits per heavy atom. The van der Waals surface area contributed by atoms with Crippen molar-refractivity contribution in [3.63, 3.8) is 0 Å². The van der Waals surface area contributed by atoms with Gasteiger partial charge in [-0.2, -0.15) is 0 Å². The van der Waals surface area contributed by atoms with Crippen molar-refractivity contribution in [1.29, 1.82) is 0 Å². The molecule has 2 aromatic carbocycles. The zero-order chi connectivity index (χ0) is 20.1. The molecule has 0 saturated carbocycles. The number of rotatable bonds is 3. The summed E-state index contributed by atoms with van der Waals surface area (Å²) in [5.74, 6) is 0.580. The number of carbonyl (C=O) groups is 1. The predicted octanol–water partition coefficient (Wildman–Crippen LogP) is 4.63. The highest BCUT2D eigenvalue weighted by Crippen LogP contribution is 2.22. The first-order valence-corrected chi connectivity index (χ1v) is 11.4. The van der Waals surface area contributed by atoms with Gasteiger partial charge in [-0.15, -0.1) is 0 Å². The summed E-state index contributed by atoms with van der Waals surface area (Å²) in [6, 6.07) is 12.8. The summed E-state index contributed by atoms with van der Waals surface area (Å²) in [7, 11) is -3.99. The molecule has 3 rings (SSSR count). The van der Waals surface area contributed by atoms with E-state index in [9.17, 15) is 13.2 Å². The molecule has 1 aliphatic rings. The van der Waals surface area contributed by atoms with Crippen LogP contribution in [0.5, 0.6) is 0 Å². The summed E-state index contributed by atoms with van der Waals surface area (Å²) in [6.45, 7) is 2.49. The summed E-state index contributed by atoms with van der Waals surface area (Å²) in [4.78, 5) is 19.0. The zero-order valence-electron chi connectivity index (χ0n) is 15.6. The van der Waals surface area contributed by atoms with Crippen molar-refractivity contribution in [2.45, 2.75) is 37.5 Å². The van der Waals surface area contributed by atoms with Gasteiger partial charge >= 0.3 is 6.03 Å². The van der Waals surface area contributed by atoms with Gasteiger partial charge in [-0.25, -0.2) is 22.8 Å². The molecule has 1 heterocycles. The number of hydrogen-bond acceptors (Lipinski definition) is 4. The maximum Gasteiger partial charge on any atom is 0.341 e. The topological polar surface area (TPSA) is 78.8 Å². The second kappa shape index (κ2) is 8.87. The van der Waals surface area contributed by atoms with Crippen LogP contribution in [0.25, 0.3) is 0 Å². The van der Waals surface area contributed by atoms with Crippen molar-refractivity contribution in [3.8, 4) is 0 Å². The van der Waals surface area contributed by atoms with Crippen LogP contribution < -0.4 is 9.62 Å². The number of sulfonamides is 1. The van der Waals surface area contributed by atoms with E-state index in [-0.39, 0.29) is 4.90 Å². The molecule has 0 spiro atoms. The van der Waals surface area contributed by atoms with E-state index in [0.29, 0.717) is 24.5 Å². The van der Waals surface area contributed by atoms with Gasteiger partial charge in [0, 0.05) is 17.4 Å². The number of carbonyl (C=O) groups excluding carboxylic acids is 1. The SMILES string of the molecule is Cc1ccc(S(=O)(=O)NC(=O)N(C2=NCCCCC2)c2ccc(Br)cc2)cc1. The molecule has 148 valence electrons. The fourth-order valence-corrected chi connectivity index (χ4v) is 4.15. The van der Waals surface area contributed by atoms with Crippen LogP contribution in [0, 0.1) is 6.92 Å². The molecule has 28 heavy (non-hydrogen) atoms. The van der Waals surface area contributed by atoms with Crippen LogP contribution >= 0.6 is 15.9 Å². The predicted molar refractivity (Wildman–Crippen MR) is 114 cm³/mol. The first kappa shape index (κ1) is 20.5. The number of anilines is 1. The van der Waals surface area contributed by atoms with Gasteiger partial charge in [0.25, 0.3) is 10.0 Å². The summed E-state index contributed by atoms with van der Waals surface area (Å²) >= 11 is 3.38. The Hall–Kier alpha value is -2.19. The molecular formula is C20H22BrN3O3S. The van der Waals surface area contributed by atoms with Gasteiger partial charge in [0.1, 0.15) is 5.84 Å². The van der Waals surface area contributed by atoms with E-state index in [1.807, 2.05) is 6.92 Å². The van der Waals surface area contributed by atoms with Crippen LogP contribution in [0.4, 0.5) is 10.5 Å². The second-order valence-electron chi connectivity index (χ2n) is 6.64. The molecule has 0 fully saturated rings. The van der Waals surface area contributed by atoms with Gasteiger partial charge in [0.05, 0.1) is 10.6 Å². The van der Waals surface area contributed by atoms with Crippen molar-refractivity contribution in [1.82, 2.24) is 4.72 Å². The zero-order valence-corrected chi connectivity index (χ0v) is 18.0. The first-order chi connectivity index (χ1) is 13.4. The standard InChI is InChI=1S/C20H22BrN3O3S/c1-15-6-12-18(13-7-15)28(26,27)23-20(25)24(17-10-8-16(21)9-11-17)19-5-3-2-4-14-22-19/h6-13H,2-5,14H2,1H3,(H,23,25). The van der Waals surface area contributed by atoms with Crippen LogP contribution in [0.2, 0.25) is 0 Å². The molecule has 0 saturated heterocycles. The summed E-state index contributed by atoms with van der Waals surface area (Å²) < 4.78 is 28.4. The van der Waals surface area contributed by atoms with Gasteiger partial charge in [-0.1, -0.05) is 40.0 Å². The number of hydrogen-bond donors (Lipinski definition) is 1. The molecule has 2 amide bonds. The molecule has 0 bridgehead atoms. The molecule has 0 atom stereocenters. The Morgan fingerprint density at radius 1 is 1.04 bits per heavy atom. The third-order valence-electron chi connectivity index (χ3n) is 4.45. The average Bonchev–Trinajstić information content (AvgIpc) is 2.93. The summed E-state index contributed by atoms with van der Waals surface area (Å²) in [5.41, 5.74) is 1.51. The van der Waals surface area contributed by atoms with Crippen LogP contribution in [-0.4, -0.2) is 26.8 Å². The van der Waals surface area contributed by atoms with Crippen LogP contribution in [0.15, 0.2) is 62.9 Å². The number of halogens is 1. The maximum atomic E-state index is 13.0. The lowest BCUT2D eigenvalue weighted by atomic mass is 10.2. The third kappa shape index (κ3) is 4.99. The first-order valence-electron chi connectivity index (χ1n) is 9.09. The fraction of sp³-hybridized carbons (Fsp3) is 0.300. The second-order valence-corrected chi connectivity index (χ2v) is 9.24. The smallest absolute Gasteiger partial charge is 0.272 e. The van der Waals surface area contributed by atoms with Crippen LogP contribution in [0.1, 0.15) is 31.2 Å². The average molecular weight is 464 g/mol. The minimum Gasteiger partial charge on any atom is -0.272 e. The van der Waals surface area contributed by atoms with Gasteiger partial charge in [0.2, 0.25) is 0 Å². The highest BCUT2D eigenvalue weighted by atomic mass is 79.9. The quantitative estimate of drug-likeness (QED) is 0.719. The van der Waals surface area contributed by atoms with Crippen molar-refractivity contribution in [2.75, 3.05) is 11.4 Å². The normalized spacial score (nSPS) is 14.7. The lowest BCUT2D eigenvalue weighted by Gasteiger charge is -2.24. The van der Waals surface area contributed by atoms with E-state index in [1.165, 1.54) is 17.0 Å². The maximum absolute atomic E-state index is 13.0. The lowest BCUT2D eigenvalue weighted by Crippen LogP contribution is -2.46. The molecule has 8 heteroatoms. The molecule has 0 radical (unpaired) electrons. The van der Waals surface area contributed by atoms with Gasteiger partial charge < -0.3 is 0 Å². The number of amides is 2. The summed E-state index contributed by atoms with van der Waals surface area (Å²) in [5, 5.41) is 0. The molecule has 0 aliphatic carbocycles. The number of benzene rings is 2. The van der Waals surface area contributed by atoms with Gasteiger partial charge in [-0.3, -0.25) is 4.99 Å². The fourth-order valence-electron chi connectivity index (χ4n) is 2.95. The number of aliphatic imine (C=N–C) groups is 1. The van der Waals surface area contributed by atoms with E-state index in [4.69, 9.17) is 0 Å². The van der Waals surface area contributed by atoms with Crippen LogP contribution in [-0.2, 0) is 10.0 Å². The van der Waals surface area contributed by atoms with Crippen molar-refractivity contribution >= 4 is 43.5 Å². The molecule has 0 unspecified atom stereocenters. The molecule has 6 nitrogen and oxygen atoms in total. The van der Waals surface area contributed by atoms with Crippen LogP contribution in [0.3, 0.4) is 0 Å². The monoisotopic (exact) mass is 463 g/mol. The number of amidine groups is 1. The molecule has 1 aliphatic heterocycles. The lowest BCUT2D eigenvalue weighted by molar-refractivity contribution is 0.253. The Labute approximate surface area is 173 Å². The van der Waals surface area contributed by atoms with E-state index < -0.39 is 16.1 Å². The minimum absolute atomic E-state index is 0.0463. The van der Waals surface area contributed by atoms with E-state index >= 15 is 0 Å². The third-order valence-corrected chi connectivity index (χ3v) is 6.32. The van der Waals surface area contributed by atoms with Crippen molar-refractivity contribution in [2.24, 2.45) is 4.99 Å². The van der Waals surface area contributed by atoms with E-state index in [1.54, 1.807) is 36.4 Å². The minimum atomic E-state index is -3.99. The Balaban J connectivity index is 1.92. The molecule has 1 N–H and O–H groups in total. The molecule has 0 aromatic heterocycles. The van der Waals surface area contributed by atoms with Crippen molar-refractivity contribution in [3.05, 3.63) is 58.6 Å². The number of nitrogens with one attached hydrogen (secondary N) is 1. The van der Waals surface area contributed by atoms with E-state index in [0.717, 1.165) is 29.3 Å². The van der Waals surface area contributed by atoms with Gasteiger partial charge in [-0.05, 0) is 56.2 Å². The van der Waals surface area contributed by atoms with E-state index in [2.05, 4.69) is 25.6 Å². The largest absolute Gasteiger partial charge is 0.341 e. The molecule has 2 aromatic rings. The number of nitrogens with zero attached hydrogens (tertiary/aromatic N) is 2. The summed E-state index contributed by atoms with van der Waals surface area (Å²) in [6.07, 6.45) is 3.52. The Bertz CT molecular complexity index is 971. The van der Waals surface area contributed by atoms with Crippen molar-refractivity contribution < 1.29 is 13.2 Å². The van der Waals surface area contributed by atoms with Gasteiger partial charge in [0.15, 0.2) is 0 Å². The Kier molecular flexibility index (Phi) is 6.51.